The number of aryl methyl sites for hydroxylation is 1. The van der Waals surface area contributed by atoms with Crippen molar-refractivity contribution in [2.45, 2.75) is 49.6 Å². The second-order valence-corrected chi connectivity index (χ2v) is 8.06. The standard InChI is InChI=1S/C16H25NO4S.ClH/c1-12-7-8-16(22(2,19)20)15(9-12)21-11-14(18)10-17-13-5-3-4-6-13;/h7-9,13-14,17-18H,3-6,10-11H2,1-2H3;1H. The summed E-state index contributed by atoms with van der Waals surface area (Å²) in [5.74, 6) is 0.308. The molecule has 0 spiro atoms. The molecule has 1 aliphatic carbocycles. The summed E-state index contributed by atoms with van der Waals surface area (Å²) in [6, 6.07) is 5.46. The number of sulfone groups is 1. The molecule has 1 unspecified atom stereocenters. The van der Waals surface area contributed by atoms with Gasteiger partial charge >= 0.3 is 0 Å². The van der Waals surface area contributed by atoms with Crippen LogP contribution in [-0.4, -0.2) is 45.1 Å². The van der Waals surface area contributed by atoms with Crippen molar-refractivity contribution in [3.05, 3.63) is 23.8 Å². The maximum Gasteiger partial charge on any atom is 0.179 e. The number of benzene rings is 1. The van der Waals surface area contributed by atoms with Gasteiger partial charge in [-0.2, -0.15) is 0 Å². The normalized spacial score (nSPS) is 16.8. The molecule has 7 heteroatoms. The van der Waals surface area contributed by atoms with Crippen molar-refractivity contribution in [3.8, 4) is 5.75 Å². The fourth-order valence-corrected chi connectivity index (χ4v) is 3.51. The number of aliphatic hydroxyl groups excluding tert-OH is 1. The number of halogens is 1. The quantitative estimate of drug-likeness (QED) is 0.775. The zero-order valence-electron chi connectivity index (χ0n) is 13.6. The Labute approximate surface area is 144 Å². The summed E-state index contributed by atoms with van der Waals surface area (Å²) in [5.41, 5.74) is 0.918. The van der Waals surface area contributed by atoms with E-state index in [1.165, 1.54) is 12.8 Å². The van der Waals surface area contributed by atoms with Gasteiger partial charge in [-0.05, 0) is 37.5 Å². The Morgan fingerprint density at radius 3 is 2.61 bits per heavy atom. The second-order valence-electron chi connectivity index (χ2n) is 6.08. The van der Waals surface area contributed by atoms with E-state index in [4.69, 9.17) is 4.74 Å². The van der Waals surface area contributed by atoms with E-state index >= 15 is 0 Å². The highest BCUT2D eigenvalue weighted by Gasteiger charge is 2.18. The molecule has 0 radical (unpaired) electrons. The molecular weight excluding hydrogens is 338 g/mol. The van der Waals surface area contributed by atoms with Gasteiger partial charge in [0.25, 0.3) is 0 Å². The van der Waals surface area contributed by atoms with Gasteiger partial charge in [0, 0.05) is 18.8 Å². The van der Waals surface area contributed by atoms with Crippen molar-refractivity contribution in [3.63, 3.8) is 0 Å². The highest BCUT2D eigenvalue weighted by Crippen LogP contribution is 2.25. The summed E-state index contributed by atoms with van der Waals surface area (Å²) in [6.45, 7) is 2.41. The third-order valence-corrected chi connectivity index (χ3v) is 5.06. The maximum absolute atomic E-state index is 11.8. The van der Waals surface area contributed by atoms with Crippen molar-refractivity contribution >= 4 is 22.2 Å². The lowest BCUT2D eigenvalue weighted by molar-refractivity contribution is 0.102. The van der Waals surface area contributed by atoms with Crippen LogP contribution in [0.25, 0.3) is 0 Å². The number of rotatable bonds is 7. The zero-order chi connectivity index (χ0) is 16.2. The van der Waals surface area contributed by atoms with Gasteiger partial charge in [-0.25, -0.2) is 8.42 Å². The predicted octanol–water partition coefficient (Wildman–Crippen LogP) is 2.09. The number of hydrogen-bond donors (Lipinski definition) is 2. The van der Waals surface area contributed by atoms with E-state index in [9.17, 15) is 13.5 Å². The lowest BCUT2D eigenvalue weighted by Crippen LogP contribution is -2.36. The van der Waals surface area contributed by atoms with Crippen molar-refractivity contribution in [1.82, 2.24) is 5.32 Å². The van der Waals surface area contributed by atoms with Gasteiger partial charge in [0.1, 0.15) is 23.4 Å². The lowest BCUT2D eigenvalue weighted by Gasteiger charge is -2.18. The van der Waals surface area contributed by atoms with Crippen LogP contribution in [-0.2, 0) is 9.84 Å². The van der Waals surface area contributed by atoms with Crippen LogP contribution in [0.3, 0.4) is 0 Å². The van der Waals surface area contributed by atoms with E-state index in [1.54, 1.807) is 18.2 Å². The molecule has 5 nitrogen and oxygen atoms in total. The van der Waals surface area contributed by atoms with Gasteiger partial charge in [-0.3, -0.25) is 0 Å². The molecule has 0 aromatic heterocycles. The fraction of sp³-hybridized carbons (Fsp3) is 0.625. The average molecular weight is 364 g/mol. The van der Waals surface area contributed by atoms with Crippen LogP contribution in [0.1, 0.15) is 31.2 Å². The summed E-state index contributed by atoms with van der Waals surface area (Å²) in [7, 11) is -3.35. The summed E-state index contributed by atoms with van der Waals surface area (Å²) in [6.07, 6.45) is 5.29. The Kier molecular flexibility index (Phi) is 7.80. The third-order valence-electron chi connectivity index (χ3n) is 3.93. The molecule has 1 fully saturated rings. The van der Waals surface area contributed by atoms with Gasteiger partial charge in [0.2, 0.25) is 0 Å². The molecule has 132 valence electrons. The van der Waals surface area contributed by atoms with Crippen LogP contribution >= 0.6 is 12.4 Å². The van der Waals surface area contributed by atoms with Crippen LogP contribution in [0.15, 0.2) is 23.1 Å². The first-order valence-electron chi connectivity index (χ1n) is 7.71. The molecule has 1 saturated carbocycles. The smallest absolute Gasteiger partial charge is 0.179 e. The van der Waals surface area contributed by atoms with E-state index in [2.05, 4.69) is 5.32 Å². The molecule has 0 saturated heterocycles. The van der Waals surface area contributed by atoms with Crippen LogP contribution in [0.5, 0.6) is 5.75 Å². The Morgan fingerprint density at radius 1 is 1.35 bits per heavy atom. The van der Waals surface area contributed by atoms with Crippen LogP contribution < -0.4 is 10.1 Å². The minimum atomic E-state index is -3.35. The van der Waals surface area contributed by atoms with Crippen LogP contribution in [0.2, 0.25) is 0 Å². The zero-order valence-corrected chi connectivity index (χ0v) is 15.3. The first-order valence-corrected chi connectivity index (χ1v) is 9.60. The average Bonchev–Trinajstić information content (AvgIpc) is 2.95. The lowest BCUT2D eigenvalue weighted by atomic mass is 10.2. The molecule has 2 N–H and O–H groups in total. The predicted molar refractivity (Wildman–Crippen MR) is 93.3 cm³/mol. The highest BCUT2D eigenvalue weighted by molar-refractivity contribution is 7.90. The summed E-state index contributed by atoms with van der Waals surface area (Å²) >= 11 is 0. The molecule has 2 rings (SSSR count). The molecule has 1 aromatic carbocycles. The van der Waals surface area contributed by atoms with Crippen molar-refractivity contribution in [2.75, 3.05) is 19.4 Å². The number of nitrogens with one attached hydrogen (secondary N) is 1. The van der Waals surface area contributed by atoms with Gasteiger partial charge in [0.05, 0.1) is 0 Å². The van der Waals surface area contributed by atoms with Gasteiger partial charge in [0.15, 0.2) is 9.84 Å². The van der Waals surface area contributed by atoms with E-state index in [1.807, 2.05) is 6.92 Å². The summed E-state index contributed by atoms with van der Waals surface area (Å²) in [4.78, 5) is 0.161. The first kappa shape index (κ1) is 20.2. The minimum absolute atomic E-state index is 0. The molecule has 23 heavy (non-hydrogen) atoms. The van der Waals surface area contributed by atoms with E-state index in [0.29, 0.717) is 18.3 Å². The molecule has 0 bridgehead atoms. The molecule has 1 aliphatic rings. The maximum atomic E-state index is 11.8. The van der Waals surface area contributed by atoms with E-state index < -0.39 is 15.9 Å². The van der Waals surface area contributed by atoms with Crippen LogP contribution in [0, 0.1) is 6.92 Å². The molecule has 0 aliphatic heterocycles. The monoisotopic (exact) mass is 363 g/mol. The number of ether oxygens (including phenoxy) is 1. The second kappa shape index (κ2) is 8.87. The Balaban J connectivity index is 0.00000264. The Hall–Kier alpha value is -0.820. The highest BCUT2D eigenvalue weighted by atomic mass is 35.5. The van der Waals surface area contributed by atoms with Gasteiger partial charge < -0.3 is 15.2 Å². The summed E-state index contributed by atoms with van der Waals surface area (Å²) in [5, 5.41) is 13.3. The third kappa shape index (κ3) is 6.30. The molecule has 1 atom stereocenters. The topological polar surface area (TPSA) is 75.6 Å². The molecule has 0 amide bonds. The van der Waals surface area contributed by atoms with Crippen molar-refractivity contribution < 1.29 is 18.3 Å². The van der Waals surface area contributed by atoms with Crippen molar-refractivity contribution in [1.29, 1.82) is 0 Å². The largest absolute Gasteiger partial charge is 0.489 e. The number of aliphatic hydroxyl groups is 1. The van der Waals surface area contributed by atoms with Gasteiger partial charge in [-0.1, -0.05) is 18.9 Å². The van der Waals surface area contributed by atoms with E-state index in [0.717, 1.165) is 24.7 Å². The minimum Gasteiger partial charge on any atom is -0.489 e. The first-order chi connectivity index (χ1) is 10.4. The number of hydrogen-bond acceptors (Lipinski definition) is 5. The van der Waals surface area contributed by atoms with Crippen LogP contribution in [0.4, 0.5) is 0 Å². The molecular formula is C16H26ClNO4S. The fourth-order valence-electron chi connectivity index (χ4n) is 2.71. The SMILES string of the molecule is Cc1ccc(S(C)(=O)=O)c(OCC(O)CNC2CCCC2)c1.Cl. The Morgan fingerprint density at radius 2 is 2.00 bits per heavy atom. The van der Waals surface area contributed by atoms with Gasteiger partial charge in [-0.15, -0.1) is 12.4 Å². The molecule has 1 aromatic rings. The van der Waals surface area contributed by atoms with E-state index in [-0.39, 0.29) is 23.9 Å². The summed E-state index contributed by atoms with van der Waals surface area (Å²) < 4.78 is 29.1. The van der Waals surface area contributed by atoms with Crippen molar-refractivity contribution in [2.24, 2.45) is 0 Å². The molecule has 0 heterocycles. The Bertz CT molecular complexity index is 600.